The molecule has 0 aliphatic carbocycles. The van der Waals surface area contributed by atoms with Gasteiger partial charge in [-0.1, -0.05) is 19.1 Å². The van der Waals surface area contributed by atoms with E-state index in [1.54, 1.807) is 35.4 Å². The molecule has 0 atom stereocenters. The highest BCUT2D eigenvalue weighted by atomic mass is 32.1. The van der Waals surface area contributed by atoms with Crippen LogP contribution in [0.5, 0.6) is 0 Å². The van der Waals surface area contributed by atoms with Crippen molar-refractivity contribution >= 4 is 17.2 Å². The number of thiophene rings is 1. The molecular weight excluding hydrogens is 273 g/mol. The summed E-state index contributed by atoms with van der Waals surface area (Å²) in [5.74, 6) is -0.244. The summed E-state index contributed by atoms with van der Waals surface area (Å²) in [5.41, 5.74) is 2.10. The highest BCUT2D eigenvalue weighted by Gasteiger charge is 2.16. The molecule has 0 unspecified atom stereocenters. The second kappa shape index (κ2) is 6.18. The van der Waals surface area contributed by atoms with Crippen molar-refractivity contribution < 1.29 is 9.18 Å². The monoisotopic (exact) mass is 291 g/mol. The summed E-state index contributed by atoms with van der Waals surface area (Å²) in [6, 6.07) is 8.19. The lowest BCUT2D eigenvalue weighted by atomic mass is 10.2. The number of carbonyl (C=O) groups excluding carboxylic acids is 1. The van der Waals surface area contributed by atoms with Crippen LogP contribution in [-0.4, -0.2) is 17.9 Å². The lowest BCUT2D eigenvalue weighted by molar-refractivity contribution is 0.0790. The highest BCUT2D eigenvalue weighted by molar-refractivity contribution is 7.14. The van der Waals surface area contributed by atoms with Crippen LogP contribution in [0.15, 0.2) is 30.3 Å². The molecule has 0 radical (unpaired) electrons. The highest BCUT2D eigenvalue weighted by Crippen LogP contribution is 2.23. The number of rotatable bonds is 4. The van der Waals surface area contributed by atoms with Crippen molar-refractivity contribution in [3.8, 4) is 0 Å². The maximum absolute atomic E-state index is 12.9. The number of halogens is 1. The topological polar surface area (TPSA) is 20.3 Å². The predicted molar refractivity (Wildman–Crippen MR) is 80.6 cm³/mol. The number of amides is 1. The van der Waals surface area contributed by atoms with Crippen molar-refractivity contribution in [1.29, 1.82) is 0 Å². The summed E-state index contributed by atoms with van der Waals surface area (Å²) in [6.45, 7) is 4.61. The number of benzene rings is 1. The molecule has 1 heterocycles. The lowest BCUT2D eigenvalue weighted by Crippen LogP contribution is -2.25. The van der Waals surface area contributed by atoms with E-state index in [0.29, 0.717) is 6.54 Å². The van der Waals surface area contributed by atoms with Gasteiger partial charge in [-0.3, -0.25) is 4.79 Å². The van der Waals surface area contributed by atoms with E-state index < -0.39 is 0 Å². The second-order valence-corrected chi connectivity index (χ2v) is 5.99. The smallest absolute Gasteiger partial charge is 0.263 e. The molecule has 106 valence electrons. The summed E-state index contributed by atoms with van der Waals surface area (Å²) in [5, 5.41) is 0. The minimum Gasteiger partial charge on any atom is -0.337 e. The SMILES string of the molecule is CCc1sc(C(=O)N(C)Cc2ccc(F)cc2)cc1C. The van der Waals surface area contributed by atoms with E-state index in [2.05, 4.69) is 6.92 Å². The van der Waals surface area contributed by atoms with Gasteiger partial charge in [0.25, 0.3) is 5.91 Å². The maximum Gasteiger partial charge on any atom is 0.263 e. The fourth-order valence-corrected chi connectivity index (χ4v) is 3.21. The van der Waals surface area contributed by atoms with E-state index in [-0.39, 0.29) is 11.7 Å². The molecule has 0 saturated carbocycles. The fraction of sp³-hybridized carbons (Fsp3) is 0.312. The van der Waals surface area contributed by atoms with Crippen LogP contribution in [0.4, 0.5) is 4.39 Å². The molecule has 0 fully saturated rings. The van der Waals surface area contributed by atoms with Gasteiger partial charge in [-0.15, -0.1) is 11.3 Å². The maximum atomic E-state index is 12.9. The number of carbonyl (C=O) groups is 1. The summed E-state index contributed by atoms with van der Waals surface area (Å²) >= 11 is 1.56. The van der Waals surface area contributed by atoms with E-state index in [0.717, 1.165) is 16.9 Å². The van der Waals surface area contributed by atoms with E-state index in [9.17, 15) is 9.18 Å². The normalized spacial score (nSPS) is 10.6. The molecule has 4 heteroatoms. The third kappa shape index (κ3) is 3.25. The van der Waals surface area contributed by atoms with Crippen molar-refractivity contribution in [2.45, 2.75) is 26.8 Å². The Morgan fingerprint density at radius 2 is 1.95 bits per heavy atom. The zero-order valence-electron chi connectivity index (χ0n) is 11.9. The lowest BCUT2D eigenvalue weighted by Gasteiger charge is -2.16. The van der Waals surface area contributed by atoms with Gasteiger partial charge in [-0.25, -0.2) is 4.39 Å². The average molecular weight is 291 g/mol. The Morgan fingerprint density at radius 1 is 1.30 bits per heavy atom. The standard InChI is InChI=1S/C16H18FNOS/c1-4-14-11(2)9-15(20-14)16(19)18(3)10-12-5-7-13(17)8-6-12/h5-9H,4,10H2,1-3H3. The zero-order valence-corrected chi connectivity index (χ0v) is 12.8. The first-order valence-electron chi connectivity index (χ1n) is 6.60. The molecule has 2 nitrogen and oxygen atoms in total. The van der Waals surface area contributed by atoms with Crippen molar-refractivity contribution in [2.75, 3.05) is 7.05 Å². The summed E-state index contributed by atoms with van der Waals surface area (Å²) in [6.07, 6.45) is 0.950. The van der Waals surface area contributed by atoms with Gasteiger partial charge in [-0.05, 0) is 42.7 Å². The van der Waals surface area contributed by atoms with Crippen LogP contribution < -0.4 is 0 Å². The Morgan fingerprint density at radius 3 is 2.50 bits per heavy atom. The van der Waals surface area contributed by atoms with Crippen LogP contribution in [0.25, 0.3) is 0 Å². The van der Waals surface area contributed by atoms with Gasteiger partial charge in [-0.2, -0.15) is 0 Å². The molecule has 2 rings (SSSR count). The molecule has 1 aromatic heterocycles. The van der Waals surface area contributed by atoms with Gasteiger partial charge in [0.1, 0.15) is 5.82 Å². The van der Waals surface area contributed by atoms with E-state index in [1.165, 1.54) is 22.6 Å². The van der Waals surface area contributed by atoms with Crippen LogP contribution >= 0.6 is 11.3 Å². The largest absolute Gasteiger partial charge is 0.337 e. The first-order valence-corrected chi connectivity index (χ1v) is 7.42. The quantitative estimate of drug-likeness (QED) is 0.833. The summed E-state index contributed by atoms with van der Waals surface area (Å²) < 4.78 is 12.9. The van der Waals surface area contributed by atoms with Crippen LogP contribution in [0.3, 0.4) is 0 Å². The van der Waals surface area contributed by atoms with Crippen LogP contribution in [0, 0.1) is 12.7 Å². The van der Waals surface area contributed by atoms with Gasteiger partial charge in [0, 0.05) is 18.5 Å². The van der Waals surface area contributed by atoms with Gasteiger partial charge in [0.15, 0.2) is 0 Å². The molecule has 0 spiro atoms. The molecule has 1 amide bonds. The summed E-state index contributed by atoms with van der Waals surface area (Å²) in [7, 11) is 1.77. The minimum absolute atomic E-state index is 0.0159. The molecule has 0 aliphatic heterocycles. The molecule has 2 aromatic rings. The predicted octanol–water partition coefficient (Wildman–Crippen LogP) is 4.03. The van der Waals surface area contributed by atoms with Crippen LogP contribution in [-0.2, 0) is 13.0 Å². The van der Waals surface area contributed by atoms with E-state index >= 15 is 0 Å². The van der Waals surface area contributed by atoms with Gasteiger partial charge < -0.3 is 4.90 Å². The van der Waals surface area contributed by atoms with Gasteiger partial charge in [0.05, 0.1) is 4.88 Å². The van der Waals surface area contributed by atoms with E-state index in [1.807, 2.05) is 13.0 Å². The molecule has 20 heavy (non-hydrogen) atoms. The van der Waals surface area contributed by atoms with Crippen molar-refractivity contribution in [2.24, 2.45) is 0 Å². The fourth-order valence-electron chi connectivity index (χ4n) is 2.10. The first-order chi connectivity index (χ1) is 9.51. The van der Waals surface area contributed by atoms with Gasteiger partial charge in [0.2, 0.25) is 0 Å². The third-order valence-corrected chi connectivity index (χ3v) is 4.60. The Labute approximate surface area is 122 Å². The van der Waals surface area contributed by atoms with Crippen LogP contribution in [0.1, 0.15) is 32.6 Å². The van der Waals surface area contributed by atoms with Crippen molar-refractivity contribution in [3.05, 3.63) is 57.0 Å². The van der Waals surface area contributed by atoms with Crippen molar-refractivity contribution in [1.82, 2.24) is 4.90 Å². The summed E-state index contributed by atoms with van der Waals surface area (Å²) in [4.78, 5) is 16.0. The average Bonchev–Trinajstić information content (AvgIpc) is 2.81. The zero-order chi connectivity index (χ0) is 14.7. The Bertz CT molecular complexity index is 603. The van der Waals surface area contributed by atoms with Crippen LogP contribution in [0.2, 0.25) is 0 Å². The van der Waals surface area contributed by atoms with E-state index in [4.69, 9.17) is 0 Å². The first kappa shape index (κ1) is 14.7. The molecule has 0 aliphatic rings. The van der Waals surface area contributed by atoms with Gasteiger partial charge >= 0.3 is 0 Å². The molecule has 1 aromatic carbocycles. The Balaban J connectivity index is 2.09. The Hall–Kier alpha value is -1.68. The number of aryl methyl sites for hydroxylation is 2. The minimum atomic E-state index is -0.260. The molecule has 0 bridgehead atoms. The molecule has 0 N–H and O–H groups in total. The van der Waals surface area contributed by atoms with Crippen molar-refractivity contribution in [3.63, 3.8) is 0 Å². The molecule has 0 saturated heterocycles. The Kier molecular flexibility index (Phi) is 4.55. The number of hydrogen-bond acceptors (Lipinski definition) is 2. The molecular formula is C16H18FNOS. The third-order valence-electron chi connectivity index (χ3n) is 3.23. The second-order valence-electron chi connectivity index (χ2n) is 4.86. The number of hydrogen-bond donors (Lipinski definition) is 0. The number of nitrogens with zero attached hydrogens (tertiary/aromatic N) is 1.